The summed E-state index contributed by atoms with van der Waals surface area (Å²) in [5.74, 6) is 0.725. The van der Waals surface area contributed by atoms with Crippen molar-refractivity contribution in [2.24, 2.45) is 0 Å². The molecule has 7 heteroatoms. The molecule has 0 aliphatic heterocycles. The van der Waals surface area contributed by atoms with Crippen molar-refractivity contribution in [2.75, 3.05) is 11.9 Å². The van der Waals surface area contributed by atoms with Gasteiger partial charge in [0.25, 0.3) is 0 Å². The quantitative estimate of drug-likeness (QED) is 0.451. The van der Waals surface area contributed by atoms with Gasteiger partial charge in [0.2, 0.25) is 5.13 Å². The van der Waals surface area contributed by atoms with Crippen LogP contribution in [0.15, 0.2) is 71.2 Å². The van der Waals surface area contributed by atoms with E-state index in [4.69, 9.17) is 0 Å². The molecule has 26 heavy (non-hydrogen) atoms. The Morgan fingerprint density at radius 2 is 1.54 bits per heavy atom. The van der Waals surface area contributed by atoms with Gasteiger partial charge in [0.1, 0.15) is 5.01 Å². The van der Waals surface area contributed by atoms with E-state index in [0.717, 1.165) is 37.3 Å². The zero-order valence-electron chi connectivity index (χ0n) is 13.9. The molecular weight excluding hydrogens is 410 g/mol. The Morgan fingerprint density at radius 3 is 2.23 bits per heavy atom. The lowest BCUT2D eigenvalue weighted by Crippen LogP contribution is -2.11. The van der Waals surface area contributed by atoms with E-state index in [1.807, 2.05) is 78.7 Å². The first kappa shape index (κ1) is 16.8. The molecule has 0 N–H and O–H groups in total. The summed E-state index contributed by atoms with van der Waals surface area (Å²) < 4.78 is 1.04. The van der Waals surface area contributed by atoms with Crippen LogP contribution in [0.1, 0.15) is 0 Å². The minimum atomic E-state index is 0.725. The highest BCUT2D eigenvalue weighted by Gasteiger charge is 2.13. The molecule has 0 aliphatic rings. The topological polar surface area (TPSA) is 54.8 Å². The number of halogens is 1. The first-order valence-corrected chi connectivity index (χ1v) is 9.54. The normalized spacial score (nSPS) is 10.7. The number of hydrogen-bond acceptors (Lipinski definition) is 6. The molecule has 0 fully saturated rings. The number of anilines is 2. The Balaban J connectivity index is 1.56. The van der Waals surface area contributed by atoms with Crippen LogP contribution in [0, 0.1) is 0 Å². The van der Waals surface area contributed by atoms with Crippen LogP contribution in [0.25, 0.3) is 21.8 Å². The summed E-state index contributed by atoms with van der Waals surface area (Å²) in [5.41, 5.74) is 2.93. The third-order valence-corrected chi connectivity index (χ3v) is 5.43. The zero-order valence-corrected chi connectivity index (χ0v) is 16.3. The molecule has 0 saturated heterocycles. The Labute approximate surface area is 163 Å². The van der Waals surface area contributed by atoms with E-state index in [1.54, 1.807) is 0 Å². The smallest absolute Gasteiger partial charge is 0.214 e. The van der Waals surface area contributed by atoms with Gasteiger partial charge in [-0.2, -0.15) is 0 Å². The molecule has 2 aromatic heterocycles. The van der Waals surface area contributed by atoms with Gasteiger partial charge in [-0.3, -0.25) is 0 Å². The van der Waals surface area contributed by atoms with E-state index in [0.29, 0.717) is 0 Å². The Bertz CT molecular complexity index is 1000. The number of rotatable bonds is 4. The summed E-state index contributed by atoms with van der Waals surface area (Å²) in [7, 11) is 1.91. The fraction of sp³-hybridized carbons (Fsp3) is 0.0526. The summed E-state index contributed by atoms with van der Waals surface area (Å²) in [6.45, 7) is 0. The van der Waals surface area contributed by atoms with Crippen molar-refractivity contribution in [3.63, 3.8) is 0 Å². The lowest BCUT2D eigenvalue weighted by molar-refractivity contribution is 0.971. The average Bonchev–Trinajstić information content (AvgIpc) is 3.19. The molecule has 0 saturated carbocycles. The van der Waals surface area contributed by atoms with Gasteiger partial charge in [0, 0.05) is 22.6 Å². The van der Waals surface area contributed by atoms with E-state index in [9.17, 15) is 0 Å². The van der Waals surface area contributed by atoms with E-state index in [2.05, 4.69) is 36.3 Å². The van der Waals surface area contributed by atoms with E-state index in [-0.39, 0.29) is 0 Å². The first-order valence-electron chi connectivity index (χ1n) is 7.93. The molecule has 128 valence electrons. The molecule has 0 spiro atoms. The third kappa shape index (κ3) is 3.49. The SMILES string of the molecule is CN(c1ccc(-c2ccccc2)nn1)c1nnc(-c2ccc(Br)cc2)s1. The van der Waals surface area contributed by atoms with Crippen molar-refractivity contribution < 1.29 is 0 Å². The average molecular weight is 424 g/mol. The molecule has 0 unspecified atom stereocenters. The lowest BCUT2D eigenvalue weighted by Gasteiger charge is -2.13. The van der Waals surface area contributed by atoms with Crippen LogP contribution < -0.4 is 4.90 Å². The number of benzene rings is 2. The monoisotopic (exact) mass is 423 g/mol. The van der Waals surface area contributed by atoms with E-state index >= 15 is 0 Å². The lowest BCUT2D eigenvalue weighted by atomic mass is 10.1. The van der Waals surface area contributed by atoms with Gasteiger partial charge in [-0.25, -0.2) is 0 Å². The van der Waals surface area contributed by atoms with Gasteiger partial charge in [0.05, 0.1) is 5.69 Å². The second kappa shape index (κ2) is 7.31. The van der Waals surface area contributed by atoms with Gasteiger partial charge < -0.3 is 4.90 Å². The van der Waals surface area contributed by atoms with Gasteiger partial charge in [0.15, 0.2) is 5.82 Å². The molecule has 2 heterocycles. The molecule has 2 aromatic carbocycles. The minimum Gasteiger partial charge on any atom is -0.303 e. The summed E-state index contributed by atoms with van der Waals surface area (Å²) in [6.07, 6.45) is 0. The molecule has 4 aromatic rings. The molecule has 4 rings (SSSR count). The van der Waals surface area contributed by atoms with Crippen LogP contribution >= 0.6 is 27.3 Å². The molecule has 5 nitrogen and oxygen atoms in total. The van der Waals surface area contributed by atoms with Crippen LogP contribution in [-0.2, 0) is 0 Å². The summed E-state index contributed by atoms with van der Waals surface area (Å²) >= 11 is 4.96. The maximum Gasteiger partial charge on any atom is 0.214 e. The highest BCUT2D eigenvalue weighted by molar-refractivity contribution is 9.10. The molecule has 0 amide bonds. The largest absolute Gasteiger partial charge is 0.303 e. The predicted molar refractivity (Wildman–Crippen MR) is 109 cm³/mol. The second-order valence-electron chi connectivity index (χ2n) is 5.60. The molecular formula is C19H14BrN5S. The summed E-state index contributed by atoms with van der Waals surface area (Å²) in [5, 5.41) is 18.9. The Hall–Kier alpha value is -2.64. The molecule has 0 atom stereocenters. The van der Waals surface area contributed by atoms with Gasteiger partial charge in [-0.05, 0) is 24.3 Å². The fourth-order valence-electron chi connectivity index (χ4n) is 2.43. The van der Waals surface area contributed by atoms with Crippen molar-refractivity contribution in [1.29, 1.82) is 0 Å². The van der Waals surface area contributed by atoms with Crippen LogP contribution in [0.5, 0.6) is 0 Å². The van der Waals surface area contributed by atoms with Crippen LogP contribution in [0.4, 0.5) is 10.9 Å². The third-order valence-electron chi connectivity index (χ3n) is 3.86. The van der Waals surface area contributed by atoms with E-state index in [1.165, 1.54) is 11.3 Å². The predicted octanol–water partition coefficient (Wildman–Crippen LogP) is 5.19. The zero-order chi connectivity index (χ0) is 17.9. The maximum absolute atomic E-state index is 4.33. The fourth-order valence-corrected chi connectivity index (χ4v) is 3.51. The van der Waals surface area contributed by atoms with E-state index < -0.39 is 0 Å². The molecule has 0 bridgehead atoms. The number of aromatic nitrogens is 4. The van der Waals surface area contributed by atoms with Crippen LogP contribution in [0.2, 0.25) is 0 Å². The highest BCUT2D eigenvalue weighted by Crippen LogP contribution is 2.31. The summed E-state index contributed by atoms with van der Waals surface area (Å²) in [4.78, 5) is 1.89. The van der Waals surface area contributed by atoms with Crippen molar-refractivity contribution in [2.45, 2.75) is 0 Å². The van der Waals surface area contributed by atoms with Crippen molar-refractivity contribution in [3.05, 3.63) is 71.2 Å². The Kier molecular flexibility index (Phi) is 4.73. The number of nitrogens with zero attached hydrogens (tertiary/aromatic N) is 5. The van der Waals surface area contributed by atoms with Crippen molar-refractivity contribution in [3.8, 4) is 21.8 Å². The maximum atomic E-state index is 4.33. The van der Waals surface area contributed by atoms with Crippen LogP contribution in [0.3, 0.4) is 0 Å². The standard InChI is InChI=1S/C19H14BrN5S/c1-25(17-12-11-16(21-22-17)13-5-3-2-4-6-13)19-24-23-18(26-19)14-7-9-15(20)10-8-14/h2-12H,1H3. The Morgan fingerprint density at radius 1 is 0.769 bits per heavy atom. The minimum absolute atomic E-state index is 0.725. The molecule has 0 aliphatic carbocycles. The van der Waals surface area contributed by atoms with Gasteiger partial charge in [-0.1, -0.05) is 69.7 Å². The first-order chi connectivity index (χ1) is 12.7. The summed E-state index contributed by atoms with van der Waals surface area (Å²) in [6, 6.07) is 21.9. The second-order valence-corrected chi connectivity index (χ2v) is 7.47. The molecule has 0 radical (unpaired) electrons. The van der Waals surface area contributed by atoms with Crippen LogP contribution in [-0.4, -0.2) is 27.4 Å². The number of hydrogen-bond donors (Lipinski definition) is 0. The van der Waals surface area contributed by atoms with Crippen molar-refractivity contribution >= 4 is 38.2 Å². The van der Waals surface area contributed by atoms with Gasteiger partial charge in [-0.15, -0.1) is 20.4 Å². The highest BCUT2D eigenvalue weighted by atomic mass is 79.9. The van der Waals surface area contributed by atoms with Crippen molar-refractivity contribution in [1.82, 2.24) is 20.4 Å². The van der Waals surface area contributed by atoms with Gasteiger partial charge >= 0.3 is 0 Å².